The maximum atomic E-state index is 12.8. The van der Waals surface area contributed by atoms with Crippen LogP contribution >= 0.6 is 0 Å². The fourth-order valence-corrected chi connectivity index (χ4v) is 3.79. The Kier molecular flexibility index (Phi) is 5.62. The van der Waals surface area contributed by atoms with Crippen LogP contribution in [0.4, 0.5) is 10.6 Å². The van der Waals surface area contributed by atoms with Gasteiger partial charge in [-0.25, -0.2) is 9.78 Å². The first-order chi connectivity index (χ1) is 11.9. The number of anilines is 1. The lowest BCUT2D eigenvalue weighted by Crippen LogP contribution is -2.43. The fraction of sp³-hybridized carbons (Fsp3) is 0.700. The number of carbonyl (C=O) groups excluding carboxylic acids is 1. The van der Waals surface area contributed by atoms with Gasteiger partial charge >= 0.3 is 6.09 Å². The lowest BCUT2D eigenvalue weighted by atomic mass is 9.99. The number of aromatic nitrogens is 1. The topological polar surface area (TPSA) is 54.5 Å². The van der Waals surface area contributed by atoms with Crippen LogP contribution < -0.4 is 10.2 Å². The van der Waals surface area contributed by atoms with Gasteiger partial charge in [-0.05, 0) is 64.6 Å². The van der Waals surface area contributed by atoms with E-state index in [0.29, 0.717) is 11.9 Å². The molecule has 1 amide bonds. The van der Waals surface area contributed by atoms with Gasteiger partial charge < -0.3 is 10.1 Å². The van der Waals surface area contributed by atoms with Gasteiger partial charge in [-0.3, -0.25) is 4.90 Å². The van der Waals surface area contributed by atoms with E-state index in [1.54, 1.807) is 4.90 Å². The van der Waals surface area contributed by atoms with Crippen molar-refractivity contribution in [2.75, 3.05) is 11.4 Å². The minimum absolute atomic E-state index is 0.195. The molecule has 1 aliphatic heterocycles. The van der Waals surface area contributed by atoms with E-state index >= 15 is 0 Å². The molecule has 2 aliphatic rings. The molecule has 1 unspecified atom stereocenters. The van der Waals surface area contributed by atoms with Crippen LogP contribution in [0.5, 0.6) is 0 Å². The SMILES string of the molecule is CC(C)(C)OC(=O)N(c1ccc(C2CCCCN2)cn1)C1CCCC1. The minimum Gasteiger partial charge on any atom is -0.443 e. The molecule has 0 radical (unpaired) electrons. The summed E-state index contributed by atoms with van der Waals surface area (Å²) >= 11 is 0. The zero-order valence-electron chi connectivity index (χ0n) is 15.8. The van der Waals surface area contributed by atoms with E-state index in [4.69, 9.17) is 4.74 Å². The van der Waals surface area contributed by atoms with Crippen molar-refractivity contribution in [2.45, 2.75) is 83.4 Å². The number of ether oxygens (including phenoxy) is 1. The maximum Gasteiger partial charge on any atom is 0.416 e. The summed E-state index contributed by atoms with van der Waals surface area (Å²) in [5.74, 6) is 0.709. The normalized spacial score (nSPS) is 22.0. The number of rotatable bonds is 3. The van der Waals surface area contributed by atoms with Crippen molar-refractivity contribution in [1.82, 2.24) is 10.3 Å². The van der Waals surface area contributed by atoms with E-state index < -0.39 is 5.60 Å². The number of nitrogens with one attached hydrogen (secondary N) is 1. The van der Waals surface area contributed by atoms with Gasteiger partial charge in [-0.15, -0.1) is 0 Å². The number of carbonyl (C=O) groups is 1. The van der Waals surface area contributed by atoms with Crippen molar-refractivity contribution in [2.24, 2.45) is 0 Å². The molecule has 2 heterocycles. The van der Waals surface area contributed by atoms with Crippen LogP contribution in [0.25, 0.3) is 0 Å². The highest BCUT2D eigenvalue weighted by Crippen LogP contribution is 2.30. The molecular formula is C20H31N3O2. The van der Waals surface area contributed by atoms with E-state index in [0.717, 1.165) is 38.6 Å². The first kappa shape index (κ1) is 18.2. The average Bonchev–Trinajstić information content (AvgIpc) is 3.09. The summed E-state index contributed by atoms with van der Waals surface area (Å²) < 4.78 is 5.65. The Morgan fingerprint density at radius 3 is 2.44 bits per heavy atom. The molecule has 1 N–H and O–H groups in total. The van der Waals surface area contributed by atoms with Gasteiger partial charge in [0.05, 0.1) is 0 Å². The lowest BCUT2D eigenvalue weighted by molar-refractivity contribution is 0.0564. The average molecular weight is 345 g/mol. The highest BCUT2D eigenvalue weighted by atomic mass is 16.6. The van der Waals surface area contributed by atoms with Crippen molar-refractivity contribution in [3.63, 3.8) is 0 Å². The van der Waals surface area contributed by atoms with E-state index in [2.05, 4.69) is 16.4 Å². The van der Waals surface area contributed by atoms with Gasteiger partial charge in [0, 0.05) is 18.3 Å². The third kappa shape index (κ3) is 4.72. The first-order valence-corrected chi connectivity index (χ1v) is 9.65. The van der Waals surface area contributed by atoms with E-state index in [1.807, 2.05) is 33.0 Å². The number of pyridine rings is 1. The highest BCUT2D eigenvalue weighted by molar-refractivity contribution is 5.87. The van der Waals surface area contributed by atoms with Crippen molar-refractivity contribution >= 4 is 11.9 Å². The summed E-state index contributed by atoms with van der Waals surface area (Å²) in [5, 5.41) is 3.55. The third-order valence-electron chi connectivity index (χ3n) is 5.01. The van der Waals surface area contributed by atoms with E-state index in [-0.39, 0.29) is 12.1 Å². The molecule has 1 aliphatic carbocycles. The number of hydrogen-bond donors (Lipinski definition) is 1. The Balaban J connectivity index is 1.78. The summed E-state index contributed by atoms with van der Waals surface area (Å²) in [6.45, 7) is 6.79. The Morgan fingerprint density at radius 1 is 1.16 bits per heavy atom. The Labute approximate surface area is 151 Å². The maximum absolute atomic E-state index is 12.8. The molecule has 138 valence electrons. The molecule has 1 saturated heterocycles. The van der Waals surface area contributed by atoms with Gasteiger partial charge in [0.2, 0.25) is 0 Å². The second-order valence-electron chi connectivity index (χ2n) is 8.24. The zero-order chi connectivity index (χ0) is 17.9. The molecule has 5 nitrogen and oxygen atoms in total. The van der Waals surface area contributed by atoms with Gasteiger partial charge in [0.25, 0.3) is 0 Å². The molecule has 1 atom stereocenters. The van der Waals surface area contributed by atoms with Gasteiger partial charge in [0.15, 0.2) is 0 Å². The van der Waals surface area contributed by atoms with Crippen LogP contribution in [0.2, 0.25) is 0 Å². The number of hydrogen-bond acceptors (Lipinski definition) is 4. The predicted molar refractivity (Wildman–Crippen MR) is 99.8 cm³/mol. The summed E-state index contributed by atoms with van der Waals surface area (Å²) in [6, 6.07) is 4.67. The monoisotopic (exact) mass is 345 g/mol. The zero-order valence-corrected chi connectivity index (χ0v) is 15.8. The third-order valence-corrected chi connectivity index (χ3v) is 5.01. The van der Waals surface area contributed by atoms with Crippen LogP contribution in [0.15, 0.2) is 18.3 Å². The highest BCUT2D eigenvalue weighted by Gasteiger charge is 2.32. The summed E-state index contributed by atoms with van der Waals surface area (Å²) in [6.07, 6.45) is 9.66. The molecule has 0 bridgehead atoms. The van der Waals surface area contributed by atoms with Crippen molar-refractivity contribution in [3.8, 4) is 0 Å². The summed E-state index contributed by atoms with van der Waals surface area (Å²) in [7, 11) is 0. The summed E-state index contributed by atoms with van der Waals surface area (Å²) in [4.78, 5) is 19.2. The van der Waals surface area contributed by atoms with Crippen LogP contribution in [-0.4, -0.2) is 29.3 Å². The quantitative estimate of drug-likeness (QED) is 0.871. The Hall–Kier alpha value is -1.62. The second-order valence-corrected chi connectivity index (χ2v) is 8.24. The van der Waals surface area contributed by atoms with Gasteiger partial charge in [-0.2, -0.15) is 0 Å². The predicted octanol–water partition coefficient (Wildman–Crippen LogP) is 4.58. The number of nitrogens with zero attached hydrogens (tertiary/aromatic N) is 2. The van der Waals surface area contributed by atoms with Crippen molar-refractivity contribution < 1.29 is 9.53 Å². The van der Waals surface area contributed by atoms with Crippen LogP contribution in [0.1, 0.15) is 77.3 Å². The first-order valence-electron chi connectivity index (χ1n) is 9.65. The Bertz CT molecular complexity index is 568. The largest absolute Gasteiger partial charge is 0.443 e. The molecule has 1 aromatic rings. The van der Waals surface area contributed by atoms with Crippen LogP contribution in [0, 0.1) is 0 Å². The molecule has 0 spiro atoms. The van der Waals surface area contributed by atoms with Crippen LogP contribution in [-0.2, 0) is 4.74 Å². The molecular weight excluding hydrogens is 314 g/mol. The van der Waals surface area contributed by atoms with Gasteiger partial charge in [0.1, 0.15) is 11.4 Å². The molecule has 2 fully saturated rings. The minimum atomic E-state index is -0.500. The number of piperidine rings is 1. The molecule has 25 heavy (non-hydrogen) atoms. The lowest BCUT2D eigenvalue weighted by Gasteiger charge is -2.31. The van der Waals surface area contributed by atoms with Crippen molar-refractivity contribution in [3.05, 3.63) is 23.9 Å². The summed E-state index contributed by atoms with van der Waals surface area (Å²) in [5.41, 5.74) is 0.707. The molecule has 1 aromatic heterocycles. The Morgan fingerprint density at radius 2 is 1.88 bits per heavy atom. The van der Waals surface area contributed by atoms with Crippen molar-refractivity contribution in [1.29, 1.82) is 0 Å². The second kappa shape index (κ2) is 7.73. The van der Waals surface area contributed by atoms with E-state index in [1.165, 1.54) is 18.4 Å². The van der Waals surface area contributed by atoms with Gasteiger partial charge in [-0.1, -0.05) is 25.3 Å². The molecule has 1 saturated carbocycles. The van der Waals surface area contributed by atoms with E-state index in [9.17, 15) is 4.79 Å². The standard InChI is InChI=1S/C20H31N3O2/c1-20(2,3)25-19(24)23(16-8-4-5-9-16)18-12-11-15(14-22-18)17-10-6-7-13-21-17/h11-12,14,16-17,21H,4-10,13H2,1-3H3. The smallest absolute Gasteiger partial charge is 0.416 e. The number of amides is 1. The molecule has 0 aromatic carbocycles. The van der Waals surface area contributed by atoms with Crippen LogP contribution in [0.3, 0.4) is 0 Å². The molecule has 3 rings (SSSR count). The molecule has 5 heteroatoms. The fourth-order valence-electron chi connectivity index (χ4n) is 3.79.